The van der Waals surface area contributed by atoms with Crippen LogP contribution in [0, 0.1) is 17.0 Å². The topological polar surface area (TPSA) is 109 Å². The minimum Gasteiger partial charge on any atom is -0.494 e. The molecule has 5 aromatic rings. The molecule has 0 saturated carbocycles. The number of fused-ring (bicyclic) bond motifs is 1. The van der Waals surface area contributed by atoms with Crippen LogP contribution < -0.4 is 15.0 Å². The van der Waals surface area contributed by atoms with Crippen LogP contribution in [0.1, 0.15) is 48.9 Å². The standard InChI is InChI=1S/C34H29Cl3N4O5/c1-5-45-31-12-20(4)26(16-25(31)19(2)3)33-39-29-9-7-6-8-24(29)34(42)40(33)38-17-22-14-23(35)15-30(41(43)44)32(22)46-18-21-10-11-27(36)28(37)13-21/h6-17,19H,5,18H2,1-4H3. The third kappa shape index (κ3) is 6.87. The van der Waals surface area contributed by atoms with Crippen molar-refractivity contribution < 1.29 is 14.4 Å². The molecule has 0 aliphatic carbocycles. The van der Waals surface area contributed by atoms with E-state index in [1.54, 1.807) is 42.5 Å². The molecule has 236 valence electrons. The number of ether oxygens (including phenoxy) is 2. The SMILES string of the molecule is CCOc1cc(C)c(-c2nc3ccccc3c(=O)n2N=Cc2cc(Cl)cc([N+](=O)[O-])c2OCc2ccc(Cl)c(Cl)c2)cc1C(C)C. The lowest BCUT2D eigenvalue weighted by atomic mass is 9.96. The summed E-state index contributed by atoms with van der Waals surface area (Å²) in [7, 11) is 0. The monoisotopic (exact) mass is 678 g/mol. The van der Waals surface area contributed by atoms with Crippen LogP contribution in [-0.4, -0.2) is 27.4 Å². The Balaban J connectivity index is 1.69. The third-order valence-corrected chi connectivity index (χ3v) is 8.17. The van der Waals surface area contributed by atoms with E-state index in [1.807, 2.05) is 26.0 Å². The first-order valence-corrected chi connectivity index (χ1v) is 15.5. The number of aryl methyl sites for hydroxylation is 1. The van der Waals surface area contributed by atoms with Gasteiger partial charge in [0.2, 0.25) is 5.75 Å². The van der Waals surface area contributed by atoms with Crippen LogP contribution in [0.2, 0.25) is 15.1 Å². The average Bonchev–Trinajstić information content (AvgIpc) is 3.01. The number of para-hydroxylation sites is 1. The van der Waals surface area contributed by atoms with Crippen LogP contribution in [0.3, 0.4) is 0 Å². The molecule has 0 saturated heterocycles. The number of rotatable bonds is 10. The summed E-state index contributed by atoms with van der Waals surface area (Å²) in [6.45, 7) is 8.39. The van der Waals surface area contributed by atoms with Gasteiger partial charge in [0.05, 0.1) is 38.7 Å². The fourth-order valence-corrected chi connectivity index (χ4v) is 5.51. The first kappa shape index (κ1) is 32.9. The zero-order valence-corrected chi connectivity index (χ0v) is 27.7. The van der Waals surface area contributed by atoms with Crippen molar-refractivity contribution in [2.24, 2.45) is 5.10 Å². The van der Waals surface area contributed by atoms with E-state index in [-0.39, 0.29) is 40.4 Å². The molecule has 4 aromatic carbocycles. The molecule has 0 aliphatic rings. The normalized spacial score (nSPS) is 11.5. The van der Waals surface area contributed by atoms with Gasteiger partial charge in [0.1, 0.15) is 12.4 Å². The predicted molar refractivity (Wildman–Crippen MR) is 183 cm³/mol. The molecule has 0 aliphatic heterocycles. The van der Waals surface area contributed by atoms with Gasteiger partial charge in [0.25, 0.3) is 5.56 Å². The number of halogens is 3. The van der Waals surface area contributed by atoms with Crippen molar-refractivity contribution in [3.63, 3.8) is 0 Å². The molecular formula is C34H29Cl3N4O5. The van der Waals surface area contributed by atoms with Gasteiger partial charge < -0.3 is 9.47 Å². The zero-order chi connectivity index (χ0) is 33.1. The molecule has 0 radical (unpaired) electrons. The van der Waals surface area contributed by atoms with E-state index < -0.39 is 10.5 Å². The third-order valence-electron chi connectivity index (χ3n) is 7.21. The highest BCUT2D eigenvalue weighted by Crippen LogP contribution is 2.36. The van der Waals surface area contributed by atoms with Gasteiger partial charge in [-0.25, -0.2) is 4.98 Å². The number of nitrogens with zero attached hydrogens (tertiary/aromatic N) is 4. The largest absolute Gasteiger partial charge is 0.494 e. The molecule has 0 bridgehead atoms. The maximum absolute atomic E-state index is 13.9. The van der Waals surface area contributed by atoms with E-state index >= 15 is 0 Å². The average molecular weight is 680 g/mol. The van der Waals surface area contributed by atoms with Gasteiger partial charge in [0, 0.05) is 22.2 Å². The Hall–Kier alpha value is -4.44. The van der Waals surface area contributed by atoms with Crippen LogP contribution in [-0.2, 0) is 6.61 Å². The lowest BCUT2D eigenvalue weighted by molar-refractivity contribution is -0.385. The van der Waals surface area contributed by atoms with Crippen molar-refractivity contribution in [3.8, 4) is 22.9 Å². The van der Waals surface area contributed by atoms with Crippen LogP contribution in [0.15, 0.2) is 76.6 Å². The summed E-state index contributed by atoms with van der Waals surface area (Å²) in [6, 6.07) is 18.4. The highest BCUT2D eigenvalue weighted by atomic mass is 35.5. The molecular weight excluding hydrogens is 651 g/mol. The van der Waals surface area contributed by atoms with Crippen molar-refractivity contribution in [3.05, 3.63) is 125 Å². The summed E-state index contributed by atoms with van der Waals surface area (Å²) < 4.78 is 13.0. The second kappa shape index (κ2) is 13.9. The summed E-state index contributed by atoms with van der Waals surface area (Å²) in [4.78, 5) is 30.2. The number of benzene rings is 4. The molecule has 5 rings (SSSR count). The lowest BCUT2D eigenvalue weighted by Crippen LogP contribution is -2.21. The smallest absolute Gasteiger partial charge is 0.313 e. The van der Waals surface area contributed by atoms with Gasteiger partial charge in [-0.1, -0.05) is 66.8 Å². The Bertz CT molecular complexity index is 2060. The summed E-state index contributed by atoms with van der Waals surface area (Å²) in [6.07, 6.45) is 1.30. The first-order valence-electron chi connectivity index (χ1n) is 14.4. The maximum atomic E-state index is 13.9. The van der Waals surface area contributed by atoms with Gasteiger partial charge in [-0.3, -0.25) is 14.9 Å². The van der Waals surface area contributed by atoms with Gasteiger partial charge in [-0.15, -0.1) is 0 Å². The van der Waals surface area contributed by atoms with Crippen molar-refractivity contribution in [2.45, 2.75) is 40.2 Å². The Kier molecular flexibility index (Phi) is 9.96. The summed E-state index contributed by atoms with van der Waals surface area (Å²) in [5, 5.41) is 17.7. The first-order chi connectivity index (χ1) is 22.0. The fraction of sp³-hybridized carbons (Fsp3) is 0.206. The highest BCUT2D eigenvalue weighted by Gasteiger charge is 2.22. The van der Waals surface area contributed by atoms with E-state index in [9.17, 15) is 14.9 Å². The lowest BCUT2D eigenvalue weighted by Gasteiger charge is -2.18. The van der Waals surface area contributed by atoms with Crippen LogP contribution >= 0.6 is 34.8 Å². The molecule has 0 fully saturated rings. The molecule has 0 spiro atoms. The molecule has 12 heteroatoms. The van der Waals surface area contributed by atoms with E-state index in [2.05, 4.69) is 18.9 Å². The second-order valence-electron chi connectivity index (χ2n) is 10.7. The highest BCUT2D eigenvalue weighted by molar-refractivity contribution is 6.42. The number of nitro groups is 1. The summed E-state index contributed by atoms with van der Waals surface area (Å²) >= 11 is 18.5. The van der Waals surface area contributed by atoms with E-state index in [0.29, 0.717) is 38.7 Å². The molecule has 0 atom stereocenters. The van der Waals surface area contributed by atoms with Crippen molar-refractivity contribution in [1.29, 1.82) is 0 Å². The minimum absolute atomic E-state index is 0.0632. The number of hydrogen-bond acceptors (Lipinski definition) is 7. The molecule has 46 heavy (non-hydrogen) atoms. The zero-order valence-electron chi connectivity index (χ0n) is 25.4. The molecule has 9 nitrogen and oxygen atoms in total. The van der Waals surface area contributed by atoms with E-state index in [1.165, 1.54) is 23.0 Å². The number of hydrogen-bond donors (Lipinski definition) is 0. The Morgan fingerprint density at radius 3 is 2.48 bits per heavy atom. The van der Waals surface area contributed by atoms with Gasteiger partial charge >= 0.3 is 5.69 Å². The maximum Gasteiger partial charge on any atom is 0.313 e. The van der Waals surface area contributed by atoms with Crippen molar-refractivity contribution in [2.75, 3.05) is 6.61 Å². The van der Waals surface area contributed by atoms with Gasteiger partial charge in [-0.05, 0) is 78.9 Å². The summed E-state index contributed by atoms with van der Waals surface area (Å²) in [5.41, 5.74) is 2.96. The van der Waals surface area contributed by atoms with Crippen LogP contribution in [0.25, 0.3) is 22.3 Å². The number of nitro benzene ring substituents is 1. The van der Waals surface area contributed by atoms with Crippen molar-refractivity contribution in [1.82, 2.24) is 9.66 Å². The van der Waals surface area contributed by atoms with Gasteiger partial charge in [-0.2, -0.15) is 9.78 Å². The Labute approximate surface area is 280 Å². The Morgan fingerprint density at radius 2 is 1.78 bits per heavy atom. The van der Waals surface area contributed by atoms with Gasteiger partial charge in [0.15, 0.2) is 5.82 Å². The Morgan fingerprint density at radius 1 is 1.02 bits per heavy atom. The van der Waals surface area contributed by atoms with Crippen LogP contribution in [0.5, 0.6) is 11.5 Å². The van der Waals surface area contributed by atoms with Crippen LogP contribution in [0.4, 0.5) is 5.69 Å². The molecule has 1 heterocycles. The number of aromatic nitrogens is 2. The molecule has 0 N–H and O–H groups in total. The van der Waals surface area contributed by atoms with Crippen molar-refractivity contribution >= 4 is 57.6 Å². The summed E-state index contributed by atoms with van der Waals surface area (Å²) in [5.74, 6) is 1.07. The fourth-order valence-electron chi connectivity index (χ4n) is 4.97. The molecule has 0 amide bonds. The minimum atomic E-state index is -0.598. The predicted octanol–water partition coefficient (Wildman–Crippen LogP) is 9.22. The molecule has 0 unspecified atom stereocenters. The second-order valence-corrected chi connectivity index (χ2v) is 12.0. The molecule has 1 aromatic heterocycles. The quantitative estimate of drug-likeness (QED) is 0.0827. The van der Waals surface area contributed by atoms with E-state index in [4.69, 9.17) is 49.3 Å². The van der Waals surface area contributed by atoms with E-state index in [0.717, 1.165) is 16.9 Å².